The Hall–Kier alpha value is -1.88. The molecule has 1 aromatic carbocycles. The van der Waals surface area contributed by atoms with Crippen molar-refractivity contribution < 1.29 is 4.79 Å². The maximum Gasteiger partial charge on any atom is 0.247 e. The van der Waals surface area contributed by atoms with Gasteiger partial charge in [0.2, 0.25) is 11.2 Å². The summed E-state index contributed by atoms with van der Waals surface area (Å²) in [6.45, 7) is 5.20. The zero-order valence-electron chi connectivity index (χ0n) is 12.3. The molecular weight excluding hydrogens is 288 g/mol. The monoisotopic (exact) mass is 304 g/mol. The van der Waals surface area contributed by atoms with Crippen molar-refractivity contribution in [2.45, 2.75) is 19.4 Å². The molecule has 0 spiro atoms. The Labute approximate surface area is 128 Å². The summed E-state index contributed by atoms with van der Waals surface area (Å²) in [7, 11) is 1.83. The Kier molecular flexibility index (Phi) is 3.24. The van der Waals surface area contributed by atoms with E-state index < -0.39 is 5.54 Å². The number of hydrogen-bond donors (Lipinski definition) is 0. The van der Waals surface area contributed by atoms with Crippen molar-refractivity contribution in [3.8, 4) is 0 Å². The number of piperazine rings is 1. The van der Waals surface area contributed by atoms with E-state index in [1.807, 2.05) is 50.1 Å². The molecule has 2 heterocycles. The van der Waals surface area contributed by atoms with Crippen LogP contribution in [0.3, 0.4) is 0 Å². The first kappa shape index (κ1) is 14.1. The minimum atomic E-state index is -0.659. The highest BCUT2D eigenvalue weighted by molar-refractivity contribution is 6.28. The predicted octanol–water partition coefficient (Wildman–Crippen LogP) is 2.34. The SMILES string of the molecule is CN1CCN(c2nc(Cl)nc3ccccc23)C(C)(C)C1=O. The summed E-state index contributed by atoms with van der Waals surface area (Å²) in [5, 5.41) is 1.11. The van der Waals surface area contributed by atoms with Crippen molar-refractivity contribution in [3.05, 3.63) is 29.5 Å². The lowest BCUT2D eigenvalue weighted by atomic mass is 9.97. The van der Waals surface area contributed by atoms with Gasteiger partial charge in [-0.3, -0.25) is 4.79 Å². The van der Waals surface area contributed by atoms with Gasteiger partial charge in [-0.25, -0.2) is 4.98 Å². The highest BCUT2D eigenvalue weighted by Gasteiger charge is 2.41. The number of amides is 1. The second-order valence-corrected chi connectivity index (χ2v) is 6.11. The molecule has 0 saturated carbocycles. The van der Waals surface area contributed by atoms with Crippen LogP contribution in [0.1, 0.15) is 13.8 Å². The van der Waals surface area contributed by atoms with E-state index in [-0.39, 0.29) is 11.2 Å². The Morgan fingerprint density at radius 3 is 2.67 bits per heavy atom. The number of aromatic nitrogens is 2. The third kappa shape index (κ3) is 2.21. The summed E-state index contributed by atoms with van der Waals surface area (Å²) in [4.78, 5) is 24.9. The molecule has 0 radical (unpaired) electrons. The highest BCUT2D eigenvalue weighted by atomic mass is 35.5. The number of hydrogen-bond acceptors (Lipinski definition) is 4. The molecule has 5 nitrogen and oxygen atoms in total. The number of para-hydroxylation sites is 1. The van der Waals surface area contributed by atoms with Crippen molar-refractivity contribution in [1.29, 1.82) is 0 Å². The van der Waals surface area contributed by atoms with Crippen LogP contribution in [-0.4, -0.2) is 46.5 Å². The zero-order valence-corrected chi connectivity index (χ0v) is 13.1. The first-order chi connectivity index (χ1) is 9.91. The summed E-state index contributed by atoms with van der Waals surface area (Å²) >= 11 is 6.06. The molecule has 0 aliphatic carbocycles. The van der Waals surface area contributed by atoms with E-state index in [1.54, 1.807) is 4.90 Å². The van der Waals surface area contributed by atoms with E-state index in [2.05, 4.69) is 9.97 Å². The Morgan fingerprint density at radius 2 is 1.90 bits per heavy atom. The lowest BCUT2D eigenvalue weighted by molar-refractivity contribution is -0.136. The third-order valence-corrected chi connectivity index (χ3v) is 4.18. The summed E-state index contributed by atoms with van der Waals surface area (Å²) in [5.74, 6) is 0.796. The van der Waals surface area contributed by atoms with Gasteiger partial charge in [0.25, 0.3) is 0 Å². The number of anilines is 1. The van der Waals surface area contributed by atoms with Crippen LogP contribution in [0.4, 0.5) is 5.82 Å². The molecule has 0 bridgehead atoms. The summed E-state index contributed by atoms with van der Waals surface area (Å²) in [6.07, 6.45) is 0. The van der Waals surface area contributed by atoms with Crippen LogP contribution in [0.2, 0.25) is 5.28 Å². The fourth-order valence-corrected chi connectivity index (χ4v) is 2.99. The number of halogens is 1. The predicted molar refractivity (Wildman–Crippen MR) is 83.6 cm³/mol. The van der Waals surface area contributed by atoms with Gasteiger partial charge in [0.1, 0.15) is 11.4 Å². The average Bonchev–Trinajstić information content (AvgIpc) is 2.44. The largest absolute Gasteiger partial charge is 0.342 e. The van der Waals surface area contributed by atoms with E-state index in [0.29, 0.717) is 13.1 Å². The molecule has 110 valence electrons. The number of likely N-dealkylation sites (N-methyl/N-ethyl adjacent to an activating group) is 1. The van der Waals surface area contributed by atoms with Crippen LogP contribution >= 0.6 is 11.6 Å². The van der Waals surface area contributed by atoms with Crippen molar-refractivity contribution >= 4 is 34.2 Å². The molecule has 6 heteroatoms. The van der Waals surface area contributed by atoms with Gasteiger partial charge in [-0.05, 0) is 37.6 Å². The molecule has 21 heavy (non-hydrogen) atoms. The molecular formula is C15H17ClN4O. The number of fused-ring (bicyclic) bond motifs is 1. The number of carbonyl (C=O) groups excluding carboxylic acids is 1. The van der Waals surface area contributed by atoms with E-state index in [9.17, 15) is 4.79 Å². The minimum Gasteiger partial charge on any atom is -0.342 e. The van der Waals surface area contributed by atoms with E-state index >= 15 is 0 Å². The summed E-state index contributed by atoms with van der Waals surface area (Å²) < 4.78 is 0. The van der Waals surface area contributed by atoms with Crippen molar-refractivity contribution in [2.75, 3.05) is 25.0 Å². The molecule has 3 rings (SSSR count). The van der Waals surface area contributed by atoms with Crippen molar-refractivity contribution in [2.24, 2.45) is 0 Å². The molecule has 0 atom stereocenters. The molecule has 0 unspecified atom stereocenters. The van der Waals surface area contributed by atoms with Gasteiger partial charge >= 0.3 is 0 Å². The lowest BCUT2D eigenvalue weighted by Crippen LogP contribution is -2.62. The molecule has 0 N–H and O–H groups in total. The van der Waals surface area contributed by atoms with Gasteiger partial charge in [0.15, 0.2) is 0 Å². The van der Waals surface area contributed by atoms with E-state index in [0.717, 1.165) is 16.7 Å². The molecule has 1 aliphatic rings. The molecule has 1 aromatic heterocycles. The van der Waals surface area contributed by atoms with Gasteiger partial charge in [-0.15, -0.1) is 0 Å². The standard InChI is InChI=1S/C15H17ClN4O/c1-15(2)13(21)19(3)8-9-20(15)12-10-6-4-5-7-11(10)17-14(16)18-12/h4-7H,8-9H2,1-3H3. The quantitative estimate of drug-likeness (QED) is 0.759. The Morgan fingerprint density at radius 1 is 1.19 bits per heavy atom. The van der Waals surface area contributed by atoms with Gasteiger partial charge < -0.3 is 9.80 Å². The normalized spacial score (nSPS) is 18.4. The Balaban J connectivity index is 2.18. The van der Waals surface area contributed by atoms with Gasteiger partial charge in [0.05, 0.1) is 5.52 Å². The number of benzene rings is 1. The molecule has 1 saturated heterocycles. The summed E-state index contributed by atoms with van der Waals surface area (Å²) in [6, 6.07) is 7.71. The minimum absolute atomic E-state index is 0.0764. The van der Waals surface area contributed by atoms with Crippen LogP contribution in [0, 0.1) is 0 Å². The zero-order chi connectivity index (χ0) is 15.2. The van der Waals surface area contributed by atoms with E-state index in [4.69, 9.17) is 11.6 Å². The molecule has 1 amide bonds. The topological polar surface area (TPSA) is 49.3 Å². The van der Waals surface area contributed by atoms with Crippen molar-refractivity contribution in [1.82, 2.24) is 14.9 Å². The van der Waals surface area contributed by atoms with Crippen LogP contribution < -0.4 is 4.90 Å². The summed E-state index contributed by atoms with van der Waals surface area (Å²) in [5.41, 5.74) is 0.127. The van der Waals surface area contributed by atoms with Crippen LogP contribution in [0.25, 0.3) is 10.9 Å². The third-order valence-electron chi connectivity index (χ3n) is 4.02. The average molecular weight is 305 g/mol. The fraction of sp³-hybridized carbons (Fsp3) is 0.400. The maximum absolute atomic E-state index is 12.5. The van der Waals surface area contributed by atoms with Gasteiger partial charge in [-0.1, -0.05) is 12.1 Å². The first-order valence-electron chi connectivity index (χ1n) is 6.87. The van der Waals surface area contributed by atoms with Crippen molar-refractivity contribution in [3.63, 3.8) is 0 Å². The second-order valence-electron chi connectivity index (χ2n) is 5.77. The van der Waals surface area contributed by atoms with Gasteiger partial charge in [0, 0.05) is 25.5 Å². The molecule has 2 aromatic rings. The van der Waals surface area contributed by atoms with E-state index in [1.165, 1.54) is 0 Å². The molecule has 1 aliphatic heterocycles. The van der Waals surface area contributed by atoms with Crippen LogP contribution in [-0.2, 0) is 4.79 Å². The number of carbonyl (C=O) groups is 1. The molecule has 1 fully saturated rings. The maximum atomic E-state index is 12.5. The highest BCUT2D eigenvalue weighted by Crippen LogP contribution is 2.32. The number of rotatable bonds is 1. The van der Waals surface area contributed by atoms with Crippen LogP contribution in [0.15, 0.2) is 24.3 Å². The first-order valence-corrected chi connectivity index (χ1v) is 7.24. The van der Waals surface area contributed by atoms with Gasteiger partial charge in [-0.2, -0.15) is 4.98 Å². The number of nitrogens with zero attached hydrogens (tertiary/aromatic N) is 4. The second kappa shape index (κ2) is 4.84. The lowest BCUT2D eigenvalue weighted by Gasteiger charge is -2.45. The van der Waals surface area contributed by atoms with Crippen LogP contribution in [0.5, 0.6) is 0 Å². The smallest absolute Gasteiger partial charge is 0.247 e. The fourth-order valence-electron chi connectivity index (χ4n) is 2.82. The Bertz CT molecular complexity index is 716.